The van der Waals surface area contributed by atoms with Gasteiger partial charge in [0.15, 0.2) is 0 Å². The Kier molecular flexibility index (Phi) is 1.95. The molecule has 0 bridgehead atoms. The highest BCUT2D eigenvalue weighted by Crippen LogP contribution is 2.43. The zero-order valence-electron chi connectivity index (χ0n) is 9.36. The molecule has 2 N–H and O–H groups in total. The summed E-state index contributed by atoms with van der Waals surface area (Å²) < 4.78 is 5.23. The van der Waals surface area contributed by atoms with E-state index in [1.54, 1.807) is 7.11 Å². The fraction of sp³-hybridized carbons (Fsp3) is 0.286. The summed E-state index contributed by atoms with van der Waals surface area (Å²) in [7, 11) is 1.69. The van der Waals surface area contributed by atoms with E-state index in [2.05, 4.69) is 30.3 Å². The van der Waals surface area contributed by atoms with Crippen molar-refractivity contribution in [2.45, 2.75) is 18.4 Å². The second-order valence-corrected chi connectivity index (χ2v) is 4.58. The highest BCUT2D eigenvalue weighted by molar-refractivity contribution is 5.84. The molecule has 0 aliphatic heterocycles. The van der Waals surface area contributed by atoms with Gasteiger partial charge in [0.2, 0.25) is 0 Å². The van der Waals surface area contributed by atoms with E-state index in [1.165, 1.54) is 16.3 Å². The molecule has 0 aromatic heterocycles. The van der Waals surface area contributed by atoms with E-state index in [0.29, 0.717) is 0 Å². The van der Waals surface area contributed by atoms with Crippen molar-refractivity contribution in [2.24, 2.45) is 5.73 Å². The summed E-state index contributed by atoms with van der Waals surface area (Å²) in [6.07, 6.45) is 2.20. The minimum Gasteiger partial charge on any atom is -0.497 e. The van der Waals surface area contributed by atoms with E-state index < -0.39 is 0 Å². The first-order valence-electron chi connectivity index (χ1n) is 5.58. The molecule has 1 saturated carbocycles. The second-order valence-electron chi connectivity index (χ2n) is 4.58. The number of nitrogens with two attached hydrogens (primary N) is 1. The van der Waals surface area contributed by atoms with Crippen LogP contribution in [0.3, 0.4) is 0 Å². The Morgan fingerprint density at radius 2 is 1.81 bits per heavy atom. The number of fused-ring (bicyclic) bond motifs is 1. The highest BCUT2D eigenvalue weighted by atomic mass is 16.5. The van der Waals surface area contributed by atoms with Gasteiger partial charge in [0.25, 0.3) is 0 Å². The maximum absolute atomic E-state index is 6.20. The van der Waals surface area contributed by atoms with E-state index in [-0.39, 0.29) is 5.54 Å². The normalized spacial score (nSPS) is 17.4. The number of hydrogen-bond acceptors (Lipinski definition) is 2. The molecule has 0 atom stereocenters. The van der Waals surface area contributed by atoms with Crippen LogP contribution in [-0.2, 0) is 5.54 Å². The van der Waals surface area contributed by atoms with Gasteiger partial charge in [-0.05, 0) is 47.4 Å². The molecular weight excluding hydrogens is 198 g/mol. The SMILES string of the molecule is COc1ccc2ccc(C3(N)CC3)cc2c1. The lowest BCUT2D eigenvalue weighted by Gasteiger charge is -2.10. The third kappa shape index (κ3) is 1.46. The maximum Gasteiger partial charge on any atom is 0.119 e. The smallest absolute Gasteiger partial charge is 0.119 e. The number of benzene rings is 2. The molecule has 0 amide bonds. The van der Waals surface area contributed by atoms with Crippen LogP contribution in [0.1, 0.15) is 18.4 Å². The van der Waals surface area contributed by atoms with E-state index in [1.807, 2.05) is 6.07 Å². The predicted molar refractivity (Wildman–Crippen MR) is 65.6 cm³/mol. The van der Waals surface area contributed by atoms with Crippen molar-refractivity contribution in [2.75, 3.05) is 7.11 Å². The van der Waals surface area contributed by atoms with Gasteiger partial charge < -0.3 is 10.5 Å². The summed E-state index contributed by atoms with van der Waals surface area (Å²) in [5.41, 5.74) is 7.38. The molecule has 0 heterocycles. The monoisotopic (exact) mass is 213 g/mol. The summed E-state index contributed by atoms with van der Waals surface area (Å²) in [4.78, 5) is 0. The summed E-state index contributed by atoms with van der Waals surface area (Å²) >= 11 is 0. The predicted octanol–water partition coefficient (Wildman–Crippen LogP) is 2.80. The minimum absolute atomic E-state index is 0.0583. The van der Waals surface area contributed by atoms with Gasteiger partial charge in [-0.1, -0.05) is 18.2 Å². The number of rotatable bonds is 2. The van der Waals surface area contributed by atoms with Gasteiger partial charge in [-0.15, -0.1) is 0 Å². The Balaban J connectivity index is 2.15. The van der Waals surface area contributed by atoms with Crippen molar-refractivity contribution in [3.05, 3.63) is 42.0 Å². The molecule has 2 aromatic rings. The molecule has 1 fully saturated rings. The maximum atomic E-state index is 6.20. The Hall–Kier alpha value is -1.54. The molecular formula is C14H15NO. The van der Waals surface area contributed by atoms with E-state index >= 15 is 0 Å². The third-order valence-corrected chi connectivity index (χ3v) is 3.41. The van der Waals surface area contributed by atoms with Crippen molar-refractivity contribution in [3.8, 4) is 5.75 Å². The van der Waals surface area contributed by atoms with Gasteiger partial charge in [-0.3, -0.25) is 0 Å². The number of hydrogen-bond donors (Lipinski definition) is 1. The lowest BCUT2D eigenvalue weighted by Crippen LogP contribution is -2.18. The Morgan fingerprint density at radius 3 is 2.50 bits per heavy atom. The van der Waals surface area contributed by atoms with Gasteiger partial charge in [0.1, 0.15) is 5.75 Å². The van der Waals surface area contributed by atoms with E-state index in [9.17, 15) is 0 Å². The average Bonchev–Trinajstić information content (AvgIpc) is 3.07. The van der Waals surface area contributed by atoms with Crippen LogP contribution in [-0.4, -0.2) is 7.11 Å². The molecule has 0 radical (unpaired) electrons. The standard InChI is InChI=1S/C14H15NO/c1-16-13-5-3-10-2-4-12(8-11(10)9-13)14(15)6-7-14/h2-5,8-9H,6-7,15H2,1H3. The second kappa shape index (κ2) is 3.22. The zero-order chi connectivity index (χ0) is 11.2. The van der Waals surface area contributed by atoms with Crippen molar-refractivity contribution >= 4 is 10.8 Å². The molecule has 3 rings (SSSR count). The van der Waals surface area contributed by atoms with Gasteiger partial charge in [-0.25, -0.2) is 0 Å². The average molecular weight is 213 g/mol. The molecule has 1 aliphatic carbocycles. The van der Waals surface area contributed by atoms with Crippen LogP contribution in [0.2, 0.25) is 0 Å². The van der Waals surface area contributed by atoms with Crippen LogP contribution in [0.5, 0.6) is 5.75 Å². The van der Waals surface area contributed by atoms with Crippen LogP contribution in [0.15, 0.2) is 36.4 Å². The van der Waals surface area contributed by atoms with E-state index in [4.69, 9.17) is 10.5 Å². The zero-order valence-corrected chi connectivity index (χ0v) is 9.36. The number of ether oxygens (including phenoxy) is 1. The molecule has 0 unspecified atom stereocenters. The van der Waals surface area contributed by atoms with E-state index in [0.717, 1.165) is 18.6 Å². The molecule has 0 saturated heterocycles. The Bertz CT molecular complexity index is 543. The van der Waals surface area contributed by atoms with Crippen LogP contribution in [0, 0.1) is 0 Å². The topological polar surface area (TPSA) is 35.2 Å². The van der Waals surface area contributed by atoms with Crippen LogP contribution >= 0.6 is 0 Å². The van der Waals surface area contributed by atoms with Crippen LogP contribution in [0.25, 0.3) is 10.8 Å². The largest absolute Gasteiger partial charge is 0.497 e. The number of methoxy groups -OCH3 is 1. The molecule has 2 heteroatoms. The summed E-state index contributed by atoms with van der Waals surface area (Å²) in [6.45, 7) is 0. The highest BCUT2D eigenvalue weighted by Gasteiger charge is 2.39. The molecule has 0 spiro atoms. The summed E-state index contributed by atoms with van der Waals surface area (Å²) in [5.74, 6) is 0.895. The van der Waals surface area contributed by atoms with Crippen LogP contribution in [0.4, 0.5) is 0 Å². The third-order valence-electron chi connectivity index (χ3n) is 3.41. The van der Waals surface area contributed by atoms with Crippen molar-refractivity contribution < 1.29 is 4.74 Å². The van der Waals surface area contributed by atoms with Gasteiger partial charge in [0.05, 0.1) is 7.11 Å². The summed E-state index contributed by atoms with van der Waals surface area (Å²) in [6, 6.07) is 12.6. The first-order chi connectivity index (χ1) is 7.71. The fourth-order valence-electron chi connectivity index (χ4n) is 2.08. The van der Waals surface area contributed by atoms with Gasteiger partial charge in [-0.2, -0.15) is 0 Å². The van der Waals surface area contributed by atoms with Crippen molar-refractivity contribution in [1.82, 2.24) is 0 Å². The van der Waals surface area contributed by atoms with Crippen molar-refractivity contribution in [3.63, 3.8) is 0 Å². The lowest BCUT2D eigenvalue weighted by atomic mass is 10.0. The Morgan fingerprint density at radius 1 is 1.06 bits per heavy atom. The lowest BCUT2D eigenvalue weighted by molar-refractivity contribution is 0.415. The van der Waals surface area contributed by atoms with Crippen LogP contribution < -0.4 is 10.5 Å². The molecule has 1 aliphatic rings. The first-order valence-corrected chi connectivity index (χ1v) is 5.58. The molecule has 82 valence electrons. The first kappa shape index (κ1) is 9.67. The summed E-state index contributed by atoms with van der Waals surface area (Å²) in [5, 5.41) is 2.43. The van der Waals surface area contributed by atoms with Gasteiger partial charge >= 0.3 is 0 Å². The quantitative estimate of drug-likeness (QED) is 0.832. The molecule has 2 nitrogen and oxygen atoms in total. The Labute approximate surface area is 95.0 Å². The minimum atomic E-state index is -0.0583. The fourth-order valence-corrected chi connectivity index (χ4v) is 2.08. The molecule has 2 aromatic carbocycles. The van der Waals surface area contributed by atoms with Crippen molar-refractivity contribution in [1.29, 1.82) is 0 Å². The van der Waals surface area contributed by atoms with Gasteiger partial charge in [0, 0.05) is 5.54 Å². The molecule has 16 heavy (non-hydrogen) atoms.